The summed E-state index contributed by atoms with van der Waals surface area (Å²) >= 11 is 0. The first kappa shape index (κ1) is 23.2. The van der Waals surface area contributed by atoms with Gasteiger partial charge in [0.1, 0.15) is 12.0 Å². The van der Waals surface area contributed by atoms with E-state index in [1.807, 2.05) is 0 Å². The number of aliphatic carboxylic acids is 2. The van der Waals surface area contributed by atoms with E-state index >= 15 is 0 Å². The average molecular weight is 399 g/mol. The Morgan fingerprint density at radius 3 is 2.18 bits per heavy atom. The minimum Gasteiger partial charge on any atom is -0.481 e. The predicted molar refractivity (Wildman–Crippen MR) is 93.7 cm³/mol. The molecule has 0 saturated carbocycles. The largest absolute Gasteiger partial charge is 0.481 e. The predicted octanol–water partition coefficient (Wildman–Crippen LogP) is -1.26. The van der Waals surface area contributed by atoms with Gasteiger partial charge in [0, 0.05) is 6.42 Å². The second-order valence-electron chi connectivity index (χ2n) is 7.19. The maximum absolute atomic E-state index is 12.7. The summed E-state index contributed by atoms with van der Waals surface area (Å²) in [5.74, 6) is -8.07. The molecule has 28 heavy (non-hydrogen) atoms. The van der Waals surface area contributed by atoms with Crippen LogP contribution in [0.25, 0.3) is 0 Å². The molecule has 5 N–H and O–H groups in total. The summed E-state index contributed by atoms with van der Waals surface area (Å²) in [6.07, 6.45) is -1.37. The van der Waals surface area contributed by atoms with Gasteiger partial charge in [-0.05, 0) is 19.3 Å². The summed E-state index contributed by atoms with van der Waals surface area (Å²) in [5, 5.41) is 20.5. The van der Waals surface area contributed by atoms with Crippen molar-refractivity contribution in [1.82, 2.24) is 10.2 Å². The van der Waals surface area contributed by atoms with Crippen LogP contribution in [0.5, 0.6) is 0 Å². The van der Waals surface area contributed by atoms with E-state index in [-0.39, 0.29) is 12.3 Å². The van der Waals surface area contributed by atoms with Crippen molar-refractivity contribution in [2.24, 2.45) is 17.6 Å². The third-order valence-corrected chi connectivity index (χ3v) is 4.27. The normalized spacial score (nSPS) is 20.0. The Hall–Kier alpha value is -2.82. The fourth-order valence-electron chi connectivity index (χ4n) is 2.91. The highest BCUT2D eigenvalue weighted by atomic mass is 16.4. The number of carboxylic acid groups (broad SMARTS) is 2. The van der Waals surface area contributed by atoms with E-state index in [1.165, 1.54) is 6.92 Å². The number of rotatable bonds is 10. The molecule has 1 rings (SSSR count). The zero-order valence-corrected chi connectivity index (χ0v) is 15.9. The van der Waals surface area contributed by atoms with Crippen molar-refractivity contribution in [3.05, 3.63) is 0 Å². The maximum atomic E-state index is 12.7. The SMILES string of the molecule is CC(C)C[C@@H](C(=O)O)N1C(=O)C[C@H](C(=O)[C@H](CC(=O)O)NC(=O)[C@H](C)N)C1=O. The van der Waals surface area contributed by atoms with Gasteiger partial charge in [0.05, 0.1) is 18.5 Å². The first-order chi connectivity index (χ1) is 12.9. The fraction of sp³-hybridized carbons (Fsp3) is 0.647. The van der Waals surface area contributed by atoms with Gasteiger partial charge in [0.25, 0.3) is 0 Å². The summed E-state index contributed by atoms with van der Waals surface area (Å²) in [5.41, 5.74) is 5.39. The van der Waals surface area contributed by atoms with Crippen molar-refractivity contribution >= 4 is 35.4 Å². The van der Waals surface area contributed by atoms with Gasteiger partial charge >= 0.3 is 11.9 Å². The van der Waals surface area contributed by atoms with Crippen LogP contribution in [0, 0.1) is 11.8 Å². The molecule has 11 heteroatoms. The molecule has 4 atom stereocenters. The molecule has 0 unspecified atom stereocenters. The lowest BCUT2D eigenvalue weighted by atomic mass is 9.94. The van der Waals surface area contributed by atoms with Crippen LogP contribution in [0.1, 0.15) is 40.0 Å². The number of nitrogens with two attached hydrogens (primary N) is 1. The lowest BCUT2D eigenvalue weighted by molar-refractivity contribution is -0.156. The quantitative estimate of drug-likeness (QED) is 0.257. The molecule has 0 spiro atoms. The highest BCUT2D eigenvalue weighted by molar-refractivity contribution is 6.17. The Morgan fingerprint density at radius 2 is 1.75 bits per heavy atom. The average Bonchev–Trinajstić information content (AvgIpc) is 2.85. The van der Waals surface area contributed by atoms with E-state index in [4.69, 9.17) is 10.8 Å². The molecule has 0 aromatic heterocycles. The van der Waals surface area contributed by atoms with Crippen LogP contribution in [0.2, 0.25) is 0 Å². The molecule has 0 radical (unpaired) electrons. The molecule has 1 aliphatic heterocycles. The Morgan fingerprint density at radius 1 is 1.18 bits per heavy atom. The number of carbonyl (C=O) groups excluding carboxylic acids is 4. The van der Waals surface area contributed by atoms with Gasteiger partial charge in [0.15, 0.2) is 5.78 Å². The van der Waals surface area contributed by atoms with Crippen molar-refractivity contribution < 1.29 is 39.0 Å². The summed E-state index contributed by atoms with van der Waals surface area (Å²) in [6, 6.07) is -4.01. The number of carboxylic acids is 2. The lowest BCUT2D eigenvalue weighted by Crippen LogP contribution is -2.51. The number of carbonyl (C=O) groups is 6. The van der Waals surface area contributed by atoms with Crippen molar-refractivity contribution in [3.63, 3.8) is 0 Å². The smallest absolute Gasteiger partial charge is 0.326 e. The van der Waals surface area contributed by atoms with Crippen molar-refractivity contribution in [1.29, 1.82) is 0 Å². The highest BCUT2D eigenvalue weighted by Gasteiger charge is 2.49. The number of hydrogen-bond acceptors (Lipinski definition) is 7. The Balaban J connectivity index is 3.10. The second-order valence-corrected chi connectivity index (χ2v) is 7.19. The van der Waals surface area contributed by atoms with Gasteiger partial charge in [-0.1, -0.05) is 13.8 Å². The topological polar surface area (TPSA) is 184 Å². The number of ketones is 1. The highest BCUT2D eigenvalue weighted by Crippen LogP contribution is 2.27. The van der Waals surface area contributed by atoms with Crippen LogP contribution < -0.4 is 11.1 Å². The molecule has 0 bridgehead atoms. The monoisotopic (exact) mass is 399 g/mol. The number of imide groups is 1. The van der Waals surface area contributed by atoms with Gasteiger partial charge in [-0.15, -0.1) is 0 Å². The van der Waals surface area contributed by atoms with E-state index in [9.17, 15) is 33.9 Å². The third kappa shape index (κ3) is 5.59. The van der Waals surface area contributed by atoms with Crippen molar-refractivity contribution in [3.8, 4) is 0 Å². The van der Waals surface area contributed by atoms with E-state index in [1.54, 1.807) is 13.8 Å². The summed E-state index contributed by atoms with van der Waals surface area (Å²) < 4.78 is 0. The number of Topliss-reactive ketones (excluding diaryl/α,β-unsaturated/α-hetero) is 1. The molecule has 156 valence electrons. The van der Waals surface area contributed by atoms with Crippen LogP contribution in [-0.2, 0) is 28.8 Å². The molecule has 1 heterocycles. The van der Waals surface area contributed by atoms with Crippen LogP contribution in [0.15, 0.2) is 0 Å². The first-order valence-electron chi connectivity index (χ1n) is 8.76. The van der Waals surface area contributed by atoms with Gasteiger partial charge in [-0.25, -0.2) is 4.79 Å². The van der Waals surface area contributed by atoms with Crippen molar-refractivity contribution in [2.75, 3.05) is 0 Å². The summed E-state index contributed by atoms with van der Waals surface area (Å²) in [6.45, 7) is 4.76. The second kappa shape index (κ2) is 9.40. The van der Waals surface area contributed by atoms with Crippen LogP contribution in [0.4, 0.5) is 0 Å². The molecular weight excluding hydrogens is 374 g/mol. The minimum absolute atomic E-state index is 0.00764. The van der Waals surface area contributed by atoms with E-state index < -0.39 is 72.3 Å². The van der Waals surface area contributed by atoms with E-state index in [0.717, 1.165) is 0 Å². The minimum atomic E-state index is -1.56. The number of nitrogens with one attached hydrogen (secondary N) is 1. The third-order valence-electron chi connectivity index (χ3n) is 4.27. The van der Waals surface area contributed by atoms with Crippen LogP contribution >= 0.6 is 0 Å². The van der Waals surface area contributed by atoms with E-state index in [0.29, 0.717) is 4.90 Å². The number of amides is 3. The molecule has 11 nitrogen and oxygen atoms in total. The number of likely N-dealkylation sites (tertiary alicyclic amines) is 1. The number of hydrogen-bond donors (Lipinski definition) is 4. The Kier molecular flexibility index (Phi) is 7.79. The summed E-state index contributed by atoms with van der Waals surface area (Å²) in [4.78, 5) is 72.4. The van der Waals surface area contributed by atoms with Gasteiger partial charge in [0.2, 0.25) is 17.7 Å². The zero-order valence-electron chi connectivity index (χ0n) is 15.9. The van der Waals surface area contributed by atoms with Crippen molar-refractivity contribution in [2.45, 2.75) is 58.2 Å². The summed E-state index contributed by atoms with van der Waals surface area (Å²) in [7, 11) is 0. The first-order valence-corrected chi connectivity index (χ1v) is 8.76. The maximum Gasteiger partial charge on any atom is 0.326 e. The molecule has 1 saturated heterocycles. The molecule has 1 fully saturated rings. The van der Waals surface area contributed by atoms with Gasteiger partial charge in [-0.3, -0.25) is 28.9 Å². The fourth-order valence-corrected chi connectivity index (χ4v) is 2.91. The zero-order chi connectivity index (χ0) is 21.8. The molecule has 0 aromatic rings. The lowest BCUT2D eigenvalue weighted by Gasteiger charge is -2.25. The van der Waals surface area contributed by atoms with Crippen LogP contribution in [0.3, 0.4) is 0 Å². The van der Waals surface area contributed by atoms with Gasteiger partial charge < -0.3 is 21.3 Å². The molecule has 0 aliphatic carbocycles. The molecule has 1 aliphatic rings. The van der Waals surface area contributed by atoms with Crippen LogP contribution in [-0.4, -0.2) is 68.7 Å². The molecular formula is C17H25N3O8. The Labute approximate surface area is 161 Å². The standard InChI is InChI=1S/C17H25N3O8/c1-7(2)4-11(17(27)28)20-12(21)5-9(16(20)26)14(24)10(6-13(22)23)19-15(25)8(3)18/h7-11H,4-6,18H2,1-3H3,(H,19,25)(H,22,23)(H,27,28)/t8-,9+,10-,11-/m0/s1. The molecule has 3 amide bonds. The number of nitrogens with zero attached hydrogens (tertiary/aromatic N) is 1. The van der Waals surface area contributed by atoms with E-state index in [2.05, 4.69) is 5.32 Å². The Bertz CT molecular complexity index is 688. The van der Waals surface area contributed by atoms with Gasteiger partial charge in [-0.2, -0.15) is 0 Å². The molecule has 0 aromatic carbocycles.